The second-order valence-electron chi connectivity index (χ2n) is 6.06. The van der Waals surface area contributed by atoms with Gasteiger partial charge in [0.25, 0.3) is 5.91 Å². The van der Waals surface area contributed by atoms with Crippen LogP contribution in [-0.2, 0) is 22.9 Å². The summed E-state index contributed by atoms with van der Waals surface area (Å²) in [7, 11) is -3.60. The van der Waals surface area contributed by atoms with Gasteiger partial charge < -0.3 is 0 Å². The molecule has 1 heterocycles. The van der Waals surface area contributed by atoms with Gasteiger partial charge in [0, 0.05) is 23.5 Å². The lowest BCUT2D eigenvalue weighted by Gasteiger charge is -2.18. The third kappa shape index (κ3) is 4.94. The molecule has 0 saturated carbocycles. The van der Waals surface area contributed by atoms with Crippen LogP contribution in [0.4, 0.5) is 5.13 Å². The van der Waals surface area contributed by atoms with E-state index < -0.39 is 10.0 Å². The highest BCUT2D eigenvalue weighted by Crippen LogP contribution is 2.25. The van der Waals surface area contributed by atoms with E-state index in [2.05, 4.69) is 24.1 Å². The summed E-state index contributed by atoms with van der Waals surface area (Å²) in [5, 5.41) is 3.36. The van der Waals surface area contributed by atoms with E-state index in [-0.39, 0.29) is 10.8 Å². The molecule has 0 aliphatic rings. The first-order valence-electron chi connectivity index (χ1n) is 9.27. The van der Waals surface area contributed by atoms with Crippen LogP contribution in [0.15, 0.2) is 29.2 Å². The van der Waals surface area contributed by atoms with Crippen LogP contribution >= 0.6 is 11.3 Å². The van der Waals surface area contributed by atoms with Gasteiger partial charge in [0.05, 0.1) is 10.6 Å². The normalized spacial score (nSPS) is 11.7. The van der Waals surface area contributed by atoms with Crippen molar-refractivity contribution in [2.45, 2.75) is 51.9 Å². The zero-order chi connectivity index (χ0) is 20.0. The summed E-state index contributed by atoms with van der Waals surface area (Å²) in [4.78, 5) is 18.4. The first-order valence-corrected chi connectivity index (χ1v) is 11.5. The van der Waals surface area contributed by atoms with Crippen LogP contribution in [0.1, 0.15) is 55.0 Å². The Hall–Kier alpha value is -1.77. The first kappa shape index (κ1) is 21.5. The molecule has 2 rings (SSSR count). The minimum Gasteiger partial charge on any atom is -0.298 e. The summed E-state index contributed by atoms with van der Waals surface area (Å²) in [6, 6.07) is 6.14. The number of nitrogens with one attached hydrogen (secondary N) is 1. The Balaban J connectivity index is 2.25. The van der Waals surface area contributed by atoms with Crippen molar-refractivity contribution in [3.05, 3.63) is 40.4 Å². The predicted octanol–water partition coefficient (Wildman–Crippen LogP) is 3.94. The van der Waals surface area contributed by atoms with E-state index in [1.54, 1.807) is 26.0 Å². The van der Waals surface area contributed by atoms with Crippen LogP contribution in [0.3, 0.4) is 0 Å². The van der Waals surface area contributed by atoms with Gasteiger partial charge in [0.15, 0.2) is 5.13 Å². The Bertz CT molecular complexity index is 887. The Labute approximate surface area is 165 Å². The lowest BCUT2D eigenvalue weighted by Crippen LogP contribution is -2.30. The molecule has 6 nitrogen and oxygen atoms in total. The van der Waals surface area contributed by atoms with E-state index in [0.29, 0.717) is 23.8 Å². The fraction of sp³-hybridized carbons (Fsp3) is 0.474. The molecule has 0 atom stereocenters. The lowest BCUT2D eigenvalue weighted by molar-refractivity contribution is 0.102. The maximum absolute atomic E-state index is 12.7. The van der Waals surface area contributed by atoms with Gasteiger partial charge in [-0.3, -0.25) is 10.1 Å². The summed E-state index contributed by atoms with van der Waals surface area (Å²) in [5.41, 5.74) is 1.33. The van der Waals surface area contributed by atoms with Crippen molar-refractivity contribution in [2.24, 2.45) is 0 Å². The number of hydrogen-bond donors (Lipinski definition) is 1. The Kier molecular flexibility index (Phi) is 7.52. The smallest absolute Gasteiger partial charge is 0.257 e. The molecule has 0 bridgehead atoms. The molecule has 0 radical (unpaired) electrons. The van der Waals surface area contributed by atoms with Crippen LogP contribution in [0.2, 0.25) is 0 Å². The fourth-order valence-corrected chi connectivity index (χ4v) is 5.27. The molecule has 1 aromatic heterocycles. The highest BCUT2D eigenvalue weighted by Gasteiger charge is 2.23. The standard InChI is InChI=1S/C19H27N3O3S2/c1-5-10-16-17(6-2)26-19(20-16)21-18(23)14-11-9-12-15(13-14)27(24,25)22(7-3)8-4/h9,11-13H,5-8,10H2,1-4H3,(H,20,21,23). The van der Waals surface area contributed by atoms with Crippen LogP contribution in [-0.4, -0.2) is 36.7 Å². The molecule has 0 spiro atoms. The number of aromatic nitrogens is 1. The third-order valence-corrected chi connectivity index (χ3v) is 7.45. The number of anilines is 1. The summed E-state index contributed by atoms with van der Waals surface area (Å²) in [6.45, 7) is 8.51. The second kappa shape index (κ2) is 9.43. The van der Waals surface area contributed by atoms with E-state index in [0.717, 1.165) is 25.0 Å². The molecule has 8 heteroatoms. The van der Waals surface area contributed by atoms with E-state index in [9.17, 15) is 13.2 Å². The molecule has 0 aliphatic heterocycles. The number of rotatable bonds is 9. The van der Waals surface area contributed by atoms with Crippen LogP contribution in [0, 0.1) is 0 Å². The molecule has 2 aromatic rings. The number of carbonyl (C=O) groups is 1. The molecule has 0 unspecified atom stereocenters. The second-order valence-corrected chi connectivity index (χ2v) is 9.09. The van der Waals surface area contributed by atoms with Crippen molar-refractivity contribution in [3.8, 4) is 0 Å². The van der Waals surface area contributed by atoms with Gasteiger partial charge in [-0.2, -0.15) is 4.31 Å². The molecule has 0 saturated heterocycles. The number of carbonyl (C=O) groups excluding carboxylic acids is 1. The predicted molar refractivity (Wildman–Crippen MR) is 110 cm³/mol. The van der Waals surface area contributed by atoms with Crippen molar-refractivity contribution < 1.29 is 13.2 Å². The largest absolute Gasteiger partial charge is 0.298 e. The summed E-state index contributed by atoms with van der Waals surface area (Å²) >= 11 is 1.47. The number of amides is 1. The Morgan fingerprint density at radius 2 is 1.89 bits per heavy atom. The maximum Gasteiger partial charge on any atom is 0.257 e. The SMILES string of the molecule is CCCc1nc(NC(=O)c2cccc(S(=O)(=O)N(CC)CC)c2)sc1CC. The summed E-state index contributed by atoms with van der Waals surface area (Å²) in [5.74, 6) is -0.356. The third-order valence-electron chi connectivity index (χ3n) is 4.25. The molecular formula is C19H27N3O3S2. The number of sulfonamides is 1. The molecule has 27 heavy (non-hydrogen) atoms. The summed E-state index contributed by atoms with van der Waals surface area (Å²) in [6.07, 6.45) is 2.75. The van der Waals surface area contributed by atoms with Gasteiger partial charge in [-0.15, -0.1) is 11.3 Å². The van der Waals surface area contributed by atoms with E-state index >= 15 is 0 Å². The van der Waals surface area contributed by atoms with Gasteiger partial charge >= 0.3 is 0 Å². The number of nitrogens with zero attached hydrogens (tertiary/aromatic N) is 2. The topological polar surface area (TPSA) is 79.4 Å². The quantitative estimate of drug-likeness (QED) is 0.680. The van der Waals surface area contributed by atoms with Crippen molar-refractivity contribution in [1.29, 1.82) is 0 Å². The number of benzene rings is 1. The zero-order valence-corrected chi connectivity index (χ0v) is 17.9. The molecule has 1 amide bonds. The van der Waals surface area contributed by atoms with Gasteiger partial charge in [0.1, 0.15) is 0 Å². The van der Waals surface area contributed by atoms with Crippen LogP contribution in [0.25, 0.3) is 0 Å². The van der Waals surface area contributed by atoms with E-state index in [1.807, 2.05) is 0 Å². The average molecular weight is 410 g/mol. The minimum absolute atomic E-state index is 0.124. The maximum atomic E-state index is 12.7. The molecule has 1 aromatic carbocycles. The van der Waals surface area contributed by atoms with Crippen molar-refractivity contribution in [3.63, 3.8) is 0 Å². The minimum atomic E-state index is -3.60. The van der Waals surface area contributed by atoms with Crippen molar-refractivity contribution >= 4 is 32.4 Å². The van der Waals surface area contributed by atoms with Gasteiger partial charge in [-0.1, -0.05) is 40.2 Å². The number of thiazole rings is 1. The Morgan fingerprint density at radius 3 is 2.48 bits per heavy atom. The molecule has 0 aliphatic carbocycles. The zero-order valence-electron chi connectivity index (χ0n) is 16.3. The monoisotopic (exact) mass is 409 g/mol. The number of aryl methyl sites for hydroxylation is 2. The molecule has 1 N–H and O–H groups in total. The van der Waals surface area contributed by atoms with E-state index in [1.165, 1.54) is 32.7 Å². The van der Waals surface area contributed by atoms with Crippen molar-refractivity contribution in [1.82, 2.24) is 9.29 Å². The molecule has 148 valence electrons. The van der Waals surface area contributed by atoms with Crippen LogP contribution in [0.5, 0.6) is 0 Å². The lowest BCUT2D eigenvalue weighted by atomic mass is 10.2. The highest BCUT2D eigenvalue weighted by molar-refractivity contribution is 7.89. The number of hydrogen-bond acceptors (Lipinski definition) is 5. The fourth-order valence-electron chi connectivity index (χ4n) is 2.82. The molecular weight excluding hydrogens is 382 g/mol. The Morgan fingerprint density at radius 1 is 1.19 bits per heavy atom. The van der Waals surface area contributed by atoms with Gasteiger partial charge in [-0.25, -0.2) is 13.4 Å². The van der Waals surface area contributed by atoms with Gasteiger partial charge in [-0.05, 0) is 31.0 Å². The van der Waals surface area contributed by atoms with Crippen LogP contribution < -0.4 is 5.32 Å². The van der Waals surface area contributed by atoms with E-state index in [4.69, 9.17) is 0 Å². The molecule has 0 fully saturated rings. The van der Waals surface area contributed by atoms with Gasteiger partial charge in [0.2, 0.25) is 10.0 Å². The van der Waals surface area contributed by atoms with Crippen molar-refractivity contribution in [2.75, 3.05) is 18.4 Å². The highest BCUT2D eigenvalue weighted by atomic mass is 32.2. The first-order chi connectivity index (χ1) is 12.9. The summed E-state index contributed by atoms with van der Waals surface area (Å²) < 4.78 is 26.7. The average Bonchev–Trinajstić information content (AvgIpc) is 3.04.